The second kappa shape index (κ2) is 7.04. The van der Waals surface area contributed by atoms with E-state index in [2.05, 4.69) is 20.3 Å². The minimum atomic E-state index is -3.84. The highest BCUT2D eigenvalue weighted by Gasteiger charge is 2.19. The highest BCUT2D eigenvalue weighted by atomic mass is 79.9. The predicted octanol–water partition coefficient (Wildman–Crippen LogP) is 4.08. The number of hydrogen-bond donors (Lipinski definition) is 1. The third-order valence-corrected chi connectivity index (χ3v) is 5.05. The highest BCUT2D eigenvalue weighted by Crippen LogP contribution is 2.20. The zero-order chi connectivity index (χ0) is 18.0. The molecule has 0 amide bonds. The van der Waals surface area contributed by atoms with Gasteiger partial charge in [-0.15, -0.1) is 0 Å². The number of hydroxylamine groups is 2. The molecule has 24 heavy (non-hydrogen) atoms. The Balaban J connectivity index is 2.42. The Kier molecular flexibility index (Phi) is 5.47. The van der Waals surface area contributed by atoms with Gasteiger partial charge in [0, 0.05) is 16.2 Å². The molecule has 0 atom stereocenters. The Morgan fingerprint density at radius 2 is 1.71 bits per heavy atom. The molecule has 1 aliphatic rings. The van der Waals surface area contributed by atoms with Crippen LogP contribution < -0.4 is 0 Å². The molecule has 1 aliphatic carbocycles. The van der Waals surface area contributed by atoms with Gasteiger partial charge in [0.25, 0.3) is 10.0 Å². The maximum absolute atomic E-state index is 12.5. The zero-order valence-electron chi connectivity index (χ0n) is 13.6. The number of halogens is 1. The maximum atomic E-state index is 12.5. The van der Waals surface area contributed by atoms with E-state index < -0.39 is 15.6 Å². The largest absolute Gasteiger partial charge is 0.288 e. The predicted molar refractivity (Wildman–Crippen MR) is 98.5 cm³/mol. The summed E-state index contributed by atoms with van der Waals surface area (Å²) in [6.07, 6.45) is 8.22. The van der Waals surface area contributed by atoms with Gasteiger partial charge in [0.05, 0.1) is 16.1 Å². The van der Waals surface area contributed by atoms with E-state index in [1.165, 1.54) is 18.3 Å². The maximum Gasteiger partial charge on any atom is 0.282 e. The van der Waals surface area contributed by atoms with Crippen molar-refractivity contribution in [2.24, 2.45) is 4.40 Å². The van der Waals surface area contributed by atoms with Crippen LogP contribution in [-0.4, -0.2) is 29.9 Å². The molecule has 1 aromatic rings. The van der Waals surface area contributed by atoms with Crippen LogP contribution in [0.4, 0.5) is 0 Å². The molecule has 2 rings (SSSR count). The fourth-order valence-electron chi connectivity index (χ4n) is 1.79. The van der Waals surface area contributed by atoms with E-state index >= 15 is 0 Å². The van der Waals surface area contributed by atoms with Crippen LogP contribution >= 0.6 is 15.9 Å². The van der Waals surface area contributed by atoms with E-state index in [4.69, 9.17) is 0 Å². The van der Waals surface area contributed by atoms with Crippen LogP contribution in [0.3, 0.4) is 0 Å². The van der Waals surface area contributed by atoms with Crippen molar-refractivity contribution in [3.05, 3.63) is 64.8 Å². The first-order valence-electron chi connectivity index (χ1n) is 7.25. The number of hydrogen-bond acceptors (Lipinski definition) is 4. The Morgan fingerprint density at radius 3 is 2.29 bits per heavy atom. The summed E-state index contributed by atoms with van der Waals surface area (Å²) in [6.45, 7) is 5.51. The molecule has 0 fully saturated rings. The van der Waals surface area contributed by atoms with Crippen LogP contribution in [0, 0.1) is 0 Å². The summed E-state index contributed by atoms with van der Waals surface area (Å²) in [6, 6.07) is 6.27. The van der Waals surface area contributed by atoms with Crippen LogP contribution in [0.1, 0.15) is 20.8 Å². The Labute approximate surface area is 150 Å². The van der Waals surface area contributed by atoms with Crippen LogP contribution in [-0.2, 0) is 10.0 Å². The van der Waals surface area contributed by atoms with Gasteiger partial charge >= 0.3 is 0 Å². The van der Waals surface area contributed by atoms with Crippen molar-refractivity contribution < 1.29 is 13.6 Å². The lowest BCUT2D eigenvalue weighted by Crippen LogP contribution is -2.34. The fraction of sp³-hybridized carbons (Fsp3) is 0.235. The van der Waals surface area contributed by atoms with Gasteiger partial charge in [-0.2, -0.15) is 12.8 Å². The second-order valence-corrected chi connectivity index (χ2v) is 8.74. The molecule has 0 saturated carbocycles. The quantitative estimate of drug-likeness (QED) is 0.761. The summed E-state index contributed by atoms with van der Waals surface area (Å²) >= 11 is 3.27. The SMILES string of the molecule is CC(C)(C)N(O)/C=C1\C=CC=C\C1=N\S(=O)(=O)c1ccc(Br)cc1. The van der Waals surface area contributed by atoms with Gasteiger partial charge in [0.1, 0.15) is 0 Å². The number of sulfonamides is 1. The van der Waals surface area contributed by atoms with Crippen molar-refractivity contribution in [3.63, 3.8) is 0 Å². The van der Waals surface area contributed by atoms with Crippen molar-refractivity contribution >= 4 is 31.7 Å². The molecular formula is C17H19BrN2O3S. The third kappa shape index (κ3) is 4.66. The normalized spacial score (nSPS) is 18.4. The molecule has 1 aromatic carbocycles. The summed E-state index contributed by atoms with van der Waals surface area (Å²) in [5.74, 6) is 0. The summed E-state index contributed by atoms with van der Waals surface area (Å²) < 4.78 is 29.7. The van der Waals surface area contributed by atoms with Gasteiger partial charge in [-0.05, 0) is 51.1 Å². The average molecular weight is 411 g/mol. The van der Waals surface area contributed by atoms with Crippen LogP contribution in [0.5, 0.6) is 0 Å². The van der Waals surface area contributed by atoms with Crippen LogP contribution in [0.15, 0.2) is 74.1 Å². The minimum absolute atomic E-state index is 0.108. The summed E-state index contributed by atoms with van der Waals surface area (Å²) in [5, 5.41) is 11.1. The number of rotatable bonds is 3. The van der Waals surface area contributed by atoms with E-state index in [9.17, 15) is 13.6 Å². The Hall–Kier alpha value is -1.70. The smallest absolute Gasteiger partial charge is 0.282 e. The molecule has 1 N–H and O–H groups in total. The van der Waals surface area contributed by atoms with Gasteiger partial charge in [0.15, 0.2) is 0 Å². The van der Waals surface area contributed by atoms with Crippen LogP contribution in [0.2, 0.25) is 0 Å². The molecule has 0 spiro atoms. The number of allylic oxidation sites excluding steroid dienone is 5. The summed E-state index contributed by atoms with van der Waals surface area (Å²) in [5.41, 5.74) is 0.261. The number of nitrogens with zero attached hydrogens (tertiary/aromatic N) is 2. The molecule has 0 aliphatic heterocycles. The van der Waals surface area contributed by atoms with Crippen molar-refractivity contribution in [2.45, 2.75) is 31.2 Å². The third-order valence-electron chi connectivity index (χ3n) is 3.22. The van der Waals surface area contributed by atoms with Crippen molar-refractivity contribution in [2.75, 3.05) is 0 Å². The van der Waals surface area contributed by atoms with Crippen molar-refractivity contribution in [1.82, 2.24) is 5.06 Å². The minimum Gasteiger partial charge on any atom is -0.288 e. The number of benzene rings is 1. The second-order valence-electron chi connectivity index (χ2n) is 6.22. The lowest BCUT2D eigenvalue weighted by Gasteiger charge is -2.29. The first kappa shape index (κ1) is 18.6. The average Bonchev–Trinajstić information content (AvgIpc) is 2.48. The van der Waals surface area contributed by atoms with Crippen molar-refractivity contribution in [1.29, 1.82) is 0 Å². The van der Waals surface area contributed by atoms with Gasteiger partial charge < -0.3 is 0 Å². The lowest BCUT2D eigenvalue weighted by atomic mass is 10.1. The van der Waals surface area contributed by atoms with E-state index in [1.807, 2.05) is 20.8 Å². The molecule has 0 bridgehead atoms. The molecule has 0 radical (unpaired) electrons. The van der Waals surface area contributed by atoms with Gasteiger partial charge in [-0.1, -0.05) is 34.2 Å². The van der Waals surface area contributed by atoms with E-state index in [0.717, 1.165) is 9.54 Å². The molecule has 0 heterocycles. The molecule has 0 saturated heterocycles. The summed E-state index contributed by atoms with van der Waals surface area (Å²) in [4.78, 5) is 0.108. The Bertz CT molecular complexity index is 830. The first-order chi connectivity index (χ1) is 11.1. The molecule has 0 unspecified atom stereocenters. The molecule has 0 aromatic heterocycles. The van der Waals surface area contributed by atoms with Gasteiger partial charge in [-0.3, -0.25) is 10.3 Å². The molecule has 7 heteroatoms. The highest BCUT2D eigenvalue weighted by molar-refractivity contribution is 9.10. The van der Waals surface area contributed by atoms with Crippen LogP contribution in [0.25, 0.3) is 0 Å². The molecule has 5 nitrogen and oxygen atoms in total. The monoisotopic (exact) mass is 410 g/mol. The Morgan fingerprint density at radius 1 is 1.12 bits per heavy atom. The molecule has 128 valence electrons. The summed E-state index contributed by atoms with van der Waals surface area (Å²) in [7, 11) is -3.84. The van der Waals surface area contributed by atoms with E-state index in [0.29, 0.717) is 5.57 Å². The van der Waals surface area contributed by atoms with Crippen molar-refractivity contribution in [3.8, 4) is 0 Å². The topological polar surface area (TPSA) is 70.0 Å². The van der Waals surface area contributed by atoms with Gasteiger partial charge in [0.2, 0.25) is 0 Å². The zero-order valence-corrected chi connectivity index (χ0v) is 16.0. The fourth-order valence-corrected chi connectivity index (χ4v) is 3.07. The van der Waals surface area contributed by atoms with Gasteiger partial charge in [-0.25, -0.2) is 0 Å². The standard InChI is InChI=1S/C17H19BrN2O3S/c1-17(2,3)20(21)12-13-6-4-5-7-16(13)19-24(22,23)15-10-8-14(18)9-11-15/h4-12,21H,1-3H3/b13-12+,19-16-. The van der Waals surface area contributed by atoms with E-state index in [-0.39, 0.29) is 10.6 Å². The first-order valence-corrected chi connectivity index (χ1v) is 9.48. The van der Waals surface area contributed by atoms with E-state index in [1.54, 1.807) is 36.4 Å². The molecular weight excluding hydrogens is 392 g/mol. The lowest BCUT2D eigenvalue weighted by molar-refractivity contribution is -0.110.